The minimum Gasteiger partial charge on any atom is -0.326 e. The third-order valence-electron chi connectivity index (χ3n) is 5.19. The van der Waals surface area contributed by atoms with Crippen molar-refractivity contribution < 1.29 is 13.2 Å². The largest absolute Gasteiger partial charge is 0.326 e. The lowest BCUT2D eigenvalue weighted by Gasteiger charge is -2.12. The maximum absolute atomic E-state index is 12.4. The third kappa shape index (κ3) is 3.87. The summed E-state index contributed by atoms with van der Waals surface area (Å²) >= 11 is 6.40. The molecule has 7 nitrogen and oxygen atoms in total. The summed E-state index contributed by atoms with van der Waals surface area (Å²) in [7, 11) is -3.10. The predicted octanol–water partition coefficient (Wildman–Crippen LogP) is 2.70. The van der Waals surface area contributed by atoms with Crippen molar-refractivity contribution in [1.82, 2.24) is 14.8 Å². The van der Waals surface area contributed by atoms with Gasteiger partial charge in [-0.3, -0.25) is 4.79 Å². The van der Waals surface area contributed by atoms with Crippen LogP contribution in [0.4, 0.5) is 5.69 Å². The van der Waals surface area contributed by atoms with Crippen molar-refractivity contribution in [2.75, 3.05) is 16.8 Å². The molecule has 1 N–H and O–H groups in total. The van der Waals surface area contributed by atoms with Gasteiger partial charge in [0.1, 0.15) is 5.82 Å². The Hall–Kier alpha value is -1.93. The Morgan fingerprint density at radius 3 is 2.85 bits per heavy atom. The first-order chi connectivity index (χ1) is 12.9. The van der Waals surface area contributed by atoms with Gasteiger partial charge in [0, 0.05) is 24.2 Å². The molecule has 2 aliphatic heterocycles. The van der Waals surface area contributed by atoms with Crippen molar-refractivity contribution in [3.8, 4) is 11.4 Å². The summed E-state index contributed by atoms with van der Waals surface area (Å²) in [6.45, 7) is 0.852. The van der Waals surface area contributed by atoms with Gasteiger partial charge < -0.3 is 9.88 Å². The Bertz CT molecular complexity index is 986. The highest BCUT2D eigenvalue weighted by atomic mass is 35.5. The second-order valence-corrected chi connectivity index (χ2v) is 9.82. The maximum atomic E-state index is 12.4. The minimum absolute atomic E-state index is 0.0723. The number of fused-ring (bicyclic) bond motifs is 1. The van der Waals surface area contributed by atoms with Gasteiger partial charge in [-0.15, -0.1) is 10.2 Å². The van der Waals surface area contributed by atoms with Crippen LogP contribution in [0, 0.1) is 5.92 Å². The molecule has 1 fully saturated rings. The second kappa shape index (κ2) is 7.24. The van der Waals surface area contributed by atoms with Gasteiger partial charge in [0.25, 0.3) is 0 Å². The summed E-state index contributed by atoms with van der Waals surface area (Å²) in [6, 6.07) is 5.22. The van der Waals surface area contributed by atoms with Gasteiger partial charge in [0.05, 0.1) is 22.4 Å². The normalized spacial score (nSPS) is 21.4. The molecule has 2 aromatic rings. The Morgan fingerprint density at radius 2 is 2.07 bits per heavy atom. The fourth-order valence-electron chi connectivity index (χ4n) is 3.70. The molecule has 3 heterocycles. The average Bonchev–Trinajstić information content (AvgIpc) is 3.11. The van der Waals surface area contributed by atoms with E-state index in [1.807, 2.05) is 0 Å². The molecular weight excluding hydrogens is 388 g/mol. The number of anilines is 1. The van der Waals surface area contributed by atoms with Crippen molar-refractivity contribution in [3.63, 3.8) is 0 Å². The second-order valence-electron chi connectivity index (χ2n) is 7.19. The highest BCUT2D eigenvalue weighted by molar-refractivity contribution is 7.91. The van der Waals surface area contributed by atoms with E-state index in [0.717, 1.165) is 38.1 Å². The Labute approximate surface area is 163 Å². The van der Waals surface area contributed by atoms with Crippen LogP contribution < -0.4 is 5.32 Å². The molecule has 0 radical (unpaired) electrons. The molecule has 4 rings (SSSR count). The topological polar surface area (TPSA) is 93.9 Å². The van der Waals surface area contributed by atoms with Crippen LogP contribution in [-0.2, 0) is 27.6 Å². The molecule has 0 unspecified atom stereocenters. The predicted molar refractivity (Wildman–Crippen MR) is 103 cm³/mol. The molecule has 0 aliphatic carbocycles. The number of nitrogens with zero attached hydrogens (tertiary/aromatic N) is 3. The zero-order chi connectivity index (χ0) is 19.0. The van der Waals surface area contributed by atoms with Gasteiger partial charge in [0.2, 0.25) is 5.91 Å². The molecule has 1 amide bonds. The lowest BCUT2D eigenvalue weighted by Crippen LogP contribution is -2.23. The highest BCUT2D eigenvalue weighted by Gasteiger charge is 2.33. The number of hydrogen-bond acceptors (Lipinski definition) is 5. The van der Waals surface area contributed by atoms with Gasteiger partial charge in [-0.05, 0) is 37.5 Å². The molecule has 1 atom stereocenters. The summed E-state index contributed by atoms with van der Waals surface area (Å²) in [4.78, 5) is 12.4. The molecule has 2 aliphatic rings. The van der Waals surface area contributed by atoms with E-state index in [9.17, 15) is 13.2 Å². The number of sulfone groups is 1. The molecule has 27 heavy (non-hydrogen) atoms. The summed E-state index contributed by atoms with van der Waals surface area (Å²) in [6.07, 6.45) is 4.61. The number of aryl methyl sites for hydroxylation is 1. The van der Waals surface area contributed by atoms with Gasteiger partial charge in [-0.1, -0.05) is 18.0 Å². The van der Waals surface area contributed by atoms with E-state index in [1.54, 1.807) is 18.2 Å². The number of carbonyl (C=O) groups is 1. The zero-order valence-corrected chi connectivity index (χ0v) is 16.4. The summed E-state index contributed by atoms with van der Waals surface area (Å²) in [5.74, 6) is 0.878. The molecule has 1 aromatic carbocycles. The standard InChI is InChI=1S/C18H21ClN4O3S/c19-15-6-5-13(20-18(24)12-7-9-27(25,26)11-12)10-14(15)17-22-21-16-4-2-1-3-8-23(16)17/h5-6,10,12H,1-4,7-9,11H2,(H,20,24)/t12-/m0/s1. The van der Waals surface area contributed by atoms with Crippen molar-refractivity contribution in [2.24, 2.45) is 5.92 Å². The van der Waals surface area contributed by atoms with E-state index < -0.39 is 15.8 Å². The van der Waals surface area contributed by atoms with Gasteiger partial charge in [0.15, 0.2) is 15.7 Å². The lowest BCUT2D eigenvalue weighted by atomic mass is 10.1. The van der Waals surface area contributed by atoms with Crippen LogP contribution in [0.1, 0.15) is 31.5 Å². The number of carbonyl (C=O) groups excluding carboxylic acids is 1. The Morgan fingerprint density at radius 1 is 1.22 bits per heavy atom. The fraction of sp³-hybridized carbons (Fsp3) is 0.500. The van der Waals surface area contributed by atoms with Gasteiger partial charge >= 0.3 is 0 Å². The first kappa shape index (κ1) is 18.4. The van der Waals surface area contributed by atoms with Crippen molar-refractivity contribution >= 4 is 33.0 Å². The van der Waals surface area contributed by atoms with E-state index in [1.165, 1.54) is 0 Å². The van der Waals surface area contributed by atoms with Crippen LogP contribution in [0.2, 0.25) is 5.02 Å². The molecule has 9 heteroatoms. The van der Waals surface area contributed by atoms with Gasteiger partial charge in [-0.25, -0.2) is 8.42 Å². The monoisotopic (exact) mass is 408 g/mol. The number of aromatic nitrogens is 3. The maximum Gasteiger partial charge on any atom is 0.228 e. The van der Waals surface area contributed by atoms with E-state index in [-0.39, 0.29) is 17.4 Å². The molecule has 0 saturated carbocycles. The number of hydrogen-bond donors (Lipinski definition) is 1. The molecule has 1 aromatic heterocycles. The number of nitrogens with one attached hydrogen (secondary N) is 1. The van der Waals surface area contributed by atoms with Crippen LogP contribution >= 0.6 is 11.6 Å². The highest BCUT2D eigenvalue weighted by Crippen LogP contribution is 2.31. The Balaban J connectivity index is 1.59. The molecule has 1 saturated heterocycles. The third-order valence-corrected chi connectivity index (χ3v) is 7.29. The summed E-state index contributed by atoms with van der Waals surface area (Å²) < 4.78 is 25.3. The van der Waals surface area contributed by atoms with E-state index in [0.29, 0.717) is 28.5 Å². The minimum atomic E-state index is -3.10. The number of amides is 1. The Kier molecular flexibility index (Phi) is 4.94. The lowest BCUT2D eigenvalue weighted by molar-refractivity contribution is -0.119. The summed E-state index contributed by atoms with van der Waals surface area (Å²) in [5, 5.41) is 12.0. The SMILES string of the molecule is O=C(Nc1ccc(Cl)c(-c2nnc3n2CCCCC3)c1)[C@H]1CCS(=O)(=O)C1. The van der Waals surface area contributed by atoms with Crippen molar-refractivity contribution in [2.45, 2.75) is 38.6 Å². The fourth-order valence-corrected chi connectivity index (χ4v) is 5.65. The zero-order valence-electron chi connectivity index (χ0n) is 14.8. The molecule has 0 spiro atoms. The van der Waals surface area contributed by atoms with Crippen LogP contribution in [-0.4, -0.2) is 40.6 Å². The number of halogens is 1. The van der Waals surface area contributed by atoms with Crippen LogP contribution in [0.3, 0.4) is 0 Å². The van der Waals surface area contributed by atoms with Crippen molar-refractivity contribution in [1.29, 1.82) is 0 Å². The molecule has 0 bridgehead atoms. The number of rotatable bonds is 3. The smallest absolute Gasteiger partial charge is 0.228 e. The van der Waals surface area contributed by atoms with Crippen LogP contribution in [0.5, 0.6) is 0 Å². The summed E-state index contributed by atoms with van der Waals surface area (Å²) in [5.41, 5.74) is 1.30. The first-order valence-corrected chi connectivity index (χ1v) is 11.4. The van der Waals surface area contributed by atoms with E-state index in [2.05, 4.69) is 20.1 Å². The molecular formula is C18H21ClN4O3S. The van der Waals surface area contributed by atoms with Crippen LogP contribution in [0.15, 0.2) is 18.2 Å². The quantitative estimate of drug-likeness (QED) is 0.842. The van der Waals surface area contributed by atoms with Crippen molar-refractivity contribution in [3.05, 3.63) is 29.0 Å². The number of benzene rings is 1. The van der Waals surface area contributed by atoms with E-state index >= 15 is 0 Å². The first-order valence-electron chi connectivity index (χ1n) is 9.16. The average molecular weight is 409 g/mol. The molecule has 144 valence electrons. The van der Waals surface area contributed by atoms with E-state index in [4.69, 9.17) is 11.6 Å². The van der Waals surface area contributed by atoms with Crippen LogP contribution in [0.25, 0.3) is 11.4 Å². The van der Waals surface area contributed by atoms with Gasteiger partial charge in [-0.2, -0.15) is 0 Å².